The van der Waals surface area contributed by atoms with E-state index in [2.05, 4.69) is 0 Å². The van der Waals surface area contributed by atoms with Crippen LogP contribution in [0.15, 0.2) is 24.3 Å². The van der Waals surface area contributed by atoms with Crippen LogP contribution >= 0.6 is 0 Å². The Bertz CT molecular complexity index is 457. The molecule has 2 atom stereocenters. The average molecular weight is 264 g/mol. The van der Waals surface area contributed by atoms with Crippen LogP contribution in [-0.4, -0.2) is 22.0 Å². The topological polar surface area (TPSA) is 66.8 Å². The van der Waals surface area contributed by atoms with Gasteiger partial charge in [0.2, 0.25) is 5.79 Å². The van der Waals surface area contributed by atoms with Gasteiger partial charge in [0.25, 0.3) is 0 Å². The fourth-order valence-corrected chi connectivity index (χ4v) is 2.70. The molecule has 4 nitrogen and oxygen atoms in total. The van der Waals surface area contributed by atoms with Crippen LogP contribution in [-0.2, 0) is 11.2 Å². The molecule has 1 heterocycles. The lowest BCUT2D eigenvalue weighted by Crippen LogP contribution is -2.47. The summed E-state index contributed by atoms with van der Waals surface area (Å²) in [6, 6.07) is 7.59. The number of rotatable bonds is 5. The van der Waals surface area contributed by atoms with Gasteiger partial charge in [-0.2, -0.15) is 0 Å². The Morgan fingerprint density at radius 3 is 2.89 bits per heavy atom. The Balaban J connectivity index is 2.20. The molecule has 0 fully saturated rings. The van der Waals surface area contributed by atoms with Crippen molar-refractivity contribution < 1.29 is 19.7 Å². The Hall–Kier alpha value is -1.55. The number of fused-ring (bicyclic) bond motifs is 1. The predicted molar refractivity (Wildman–Crippen MR) is 71.0 cm³/mol. The number of carboxylic acids is 1. The van der Waals surface area contributed by atoms with E-state index in [1.165, 1.54) is 0 Å². The smallest absolute Gasteiger partial charge is 0.303 e. The first kappa shape index (κ1) is 13.9. The summed E-state index contributed by atoms with van der Waals surface area (Å²) >= 11 is 0. The summed E-state index contributed by atoms with van der Waals surface area (Å²) in [5, 5.41) is 19.7. The Morgan fingerprint density at radius 2 is 2.21 bits per heavy atom. The second-order valence-corrected chi connectivity index (χ2v) is 5.14. The van der Waals surface area contributed by atoms with Crippen LogP contribution in [0, 0.1) is 5.92 Å². The molecule has 0 amide bonds. The van der Waals surface area contributed by atoms with Crippen LogP contribution in [0.3, 0.4) is 0 Å². The molecule has 0 aliphatic carbocycles. The van der Waals surface area contributed by atoms with Crippen LogP contribution < -0.4 is 4.74 Å². The van der Waals surface area contributed by atoms with Gasteiger partial charge >= 0.3 is 5.97 Å². The number of hydrogen-bond donors (Lipinski definition) is 2. The summed E-state index contributed by atoms with van der Waals surface area (Å²) in [4.78, 5) is 10.9. The van der Waals surface area contributed by atoms with Crippen LogP contribution in [0.25, 0.3) is 0 Å². The van der Waals surface area contributed by atoms with E-state index in [4.69, 9.17) is 9.84 Å². The maximum Gasteiger partial charge on any atom is 0.303 e. The second-order valence-electron chi connectivity index (χ2n) is 5.14. The van der Waals surface area contributed by atoms with Crippen LogP contribution in [0.2, 0.25) is 0 Å². The number of hydrogen-bond acceptors (Lipinski definition) is 3. The number of benzene rings is 1. The normalized spacial score (nSPS) is 23.3. The molecule has 0 saturated carbocycles. The number of carbonyl (C=O) groups is 1. The van der Waals surface area contributed by atoms with E-state index in [0.29, 0.717) is 25.0 Å². The molecular formula is C15H20O4. The van der Waals surface area contributed by atoms with Gasteiger partial charge < -0.3 is 14.9 Å². The summed E-state index contributed by atoms with van der Waals surface area (Å²) < 4.78 is 5.73. The summed E-state index contributed by atoms with van der Waals surface area (Å²) in [5.74, 6) is -1.96. The molecule has 1 aromatic carbocycles. The number of aliphatic carboxylic acids is 1. The van der Waals surface area contributed by atoms with E-state index >= 15 is 0 Å². The number of ether oxygens (including phenoxy) is 1. The van der Waals surface area contributed by atoms with Gasteiger partial charge in [0.05, 0.1) is 6.42 Å². The lowest BCUT2D eigenvalue weighted by atomic mass is 9.84. The Kier molecular flexibility index (Phi) is 4.10. The predicted octanol–water partition coefficient (Wildman–Crippen LogP) is 2.59. The van der Waals surface area contributed by atoms with Crippen molar-refractivity contribution in [1.82, 2.24) is 0 Å². The van der Waals surface area contributed by atoms with Crippen molar-refractivity contribution in [3.8, 4) is 5.75 Å². The van der Waals surface area contributed by atoms with Gasteiger partial charge in [0.1, 0.15) is 5.75 Å². The zero-order valence-corrected chi connectivity index (χ0v) is 11.1. The molecule has 1 aliphatic heterocycles. The zero-order valence-electron chi connectivity index (χ0n) is 11.1. The third kappa shape index (κ3) is 3.07. The minimum absolute atomic E-state index is 0.0630. The molecular weight excluding hydrogens is 244 g/mol. The molecule has 1 aromatic rings. The molecule has 0 saturated heterocycles. The van der Waals surface area contributed by atoms with Gasteiger partial charge in [0.15, 0.2) is 0 Å². The van der Waals surface area contributed by atoms with Gasteiger partial charge in [0, 0.05) is 12.3 Å². The number of aryl methyl sites for hydroxylation is 1. The van der Waals surface area contributed by atoms with Crippen molar-refractivity contribution in [1.29, 1.82) is 0 Å². The zero-order chi connectivity index (χ0) is 13.9. The standard InChI is InChI=1S/C15H20O4/c1-2-5-12(10-14(16)17)15(18)9-8-11-6-3-4-7-13(11)19-15/h3-4,6-7,12,18H,2,5,8-10H2,1H3,(H,16,17). The quantitative estimate of drug-likeness (QED) is 0.857. The first-order valence-corrected chi connectivity index (χ1v) is 6.76. The van der Waals surface area contributed by atoms with E-state index < -0.39 is 11.8 Å². The largest absolute Gasteiger partial charge is 0.481 e. The van der Waals surface area contributed by atoms with Crippen molar-refractivity contribution in [3.05, 3.63) is 29.8 Å². The molecule has 2 N–H and O–H groups in total. The summed E-state index contributed by atoms with van der Waals surface area (Å²) in [5.41, 5.74) is 1.07. The van der Waals surface area contributed by atoms with E-state index in [0.717, 1.165) is 12.0 Å². The van der Waals surface area contributed by atoms with Gasteiger partial charge in [-0.1, -0.05) is 31.5 Å². The van der Waals surface area contributed by atoms with Gasteiger partial charge in [-0.3, -0.25) is 4.79 Å². The van der Waals surface area contributed by atoms with Crippen molar-refractivity contribution in [3.63, 3.8) is 0 Å². The maximum absolute atomic E-state index is 10.9. The molecule has 104 valence electrons. The SMILES string of the molecule is CCCC(CC(=O)O)C1(O)CCc2ccccc2O1. The van der Waals surface area contributed by atoms with Crippen molar-refractivity contribution >= 4 is 5.97 Å². The molecule has 0 radical (unpaired) electrons. The van der Waals surface area contributed by atoms with Gasteiger partial charge in [-0.05, 0) is 24.5 Å². The fraction of sp³-hybridized carbons (Fsp3) is 0.533. The average Bonchev–Trinajstić information content (AvgIpc) is 2.37. The Labute approximate surface area is 113 Å². The lowest BCUT2D eigenvalue weighted by molar-refractivity contribution is -0.196. The van der Waals surface area contributed by atoms with Crippen molar-refractivity contribution in [2.45, 2.75) is 44.8 Å². The van der Waals surface area contributed by atoms with E-state index in [1.54, 1.807) is 0 Å². The van der Waals surface area contributed by atoms with Gasteiger partial charge in [-0.15, -0.1) is 0 Å². The molecule has 19 heavy (non-hydrogen) atoms. The molecule has 0 spiro atoms. The van der Waals surface area contributed by atoms with Crippen LogP contribution in [0.4, 0.5) is 0 Å². The summed E-state index contributed by atoms with van der Waals surface area (Å²) in [7, 11) is 0. The maximum atomic E-state index is 10.9. The lowest BCUT2D eigenvalue weighted by Gasteiger charge is -2.39. The van der Waals surface area contributed by atoms with Gasteiger partial charge in [-0.25, -0.2) is 0 Å². The molecule has 2 unspecified atom stereocenters. The molecule has 4 heteroatoms. The number of para-hydroxylation sites is 1. The Morgan fingerprint density at radius 1 is 1.47 bits per heavy atom. The third-order valence-corrected chi connectivity index (χ3v) is 3.71. The molecule has 0 aromatic heterocycles. The van der Waals surface area contributed by atoms with E-state index in [-0.39, 0.29) is 12.3 Å². The summed E-state index contributed by atoms with van der Waals surface area (Å²) in [6.45, 7) is 1.98. The number of aliphatic hydroxyl groups is 1. The fourth-order valence-electron chi connectivity index (χ4n) is 2.70. The minimum Gasteiger partial charge on any atom is -0.481 e. The molecule has 1 aliphatic rings. The highest BCUT2D eigenvalue weighted by Gasteiger charge is 2.42. The second kappa shape index (κ2) is 5.61. The first-order chi connectivity index (χ1) is 9.05. The monoisotopic (exact) mass is 264 g/mol. The van der Waals surface area contributed by atoms with Crippen LogP contribution in [0.5, 0.6) is 5.75 Å². The van der Waals surface area contributed by atoms with Crippen LogP contribution in [0.1, 0.15) is 38.2 Å². The number of carboxylic acid groups (broad SMARTS) is 1. The molecule has 0 bridgehead atoms. The summed E-state index contributed by atoms with van der Waals surface area (Å²) in [6.07, 6.45) is 2.57. The van der Waals surface area contributed by atoms with Crippen molar-refractivity contribution in [2.24, 2.45) is 5.92 Å². The molecule has 2 rings (SSSR count). The highest BCUT2D eigenvalue weighted by atomic mass is 16.6. The van der Waals surface area contributed by atoms with E-state index in [1.807, 2.05) is 31.2 Å². The third-order valence-electron chi connectivity index (χ3n) is 3.71. The van der Waals surface area contributed by atoms with Crippen molar-refractivity contribution in [2.75, 3.05) is 0 Å². The van der Waals surface area contributed by atoms with E-state index in [9.17, 15) is 9.90 Å². The first-order valence-electron chi connectivity index (χ1n) is 6.76. The highest BCUT2D eigenvalue weighted by molar-refractivity contribution is 5.67. The highest BCUT2D eigenvalue weighted by Crippen LogP contribution is 2.38. The minimum atomic E-state index is -1.36.